The smallest absolute Gasteiger partial charge is 0.325 e. The summed E-state index contributed by atoms with van der Waals surface area (Å²) < 4.78 is 0. The van der Waals surface area contributed by atoms with E-state index in [1.54, 1.807) is 6.20 Å². The van der Waals surface area contributed by atoms with Crippen LogP contribution in [0.2, 0.25) is 0 Å². The van der Waals surface area contributed by atoms with Gasteiger partial charge in [0.05, 0.1) is 10.7 Å². The Balaban J connectivity index is 1.44. The number of hydrogen-bond acceptors (Lipinski definition) is 6. The van der Waals surface area contributed by atoms with Crippen molar-refractivity contribution >= 4 is 29.2 Å². The van der Waals surface area contributed by atoms with Crippen LogP contribution in [0.15, 0.2) is 24.4 Å². The predicted octanol–water partition coefficient (Wildman–Crippen LogP) is 3.34. The molecule has 0 saturated carbocycles. The molecule has 2 aromatic rings. The molecule has 4 heterocycles. The fraction of sp³-hybridized carbons (Fsp3) is 0.542. The van der Waals surface area contributed by atoms with Gasteiger partial charge in [0.25, 0.3) is 11.8 Å². The number of carbonyl (C=O) groups is 3. The standard InChI is InChI=1S/C24H31N5O3S/c1-4-11-24(22(31)29(23(32)27-24)15-10-19-7-5-6-12-25-19)18-8-13-28(14-9-18)21(30)20-16(2)26-17(3)33-20/h5-7,12,18H,4,8-11,13-15H2,1-3H3,(H,27,32). The second kappa shape index (κ2) is 9.59. The number of rotatable bonds is 7. The molecule has 1 atom stereocenters. The first-order valence-electron chi connectivity index (χ1n) is 11.6. The summed E-state index contributed by atoms with van der Waals surface area (Å²) in [5, 5.41) is 3.95. The van der Waals surface area contributed by atoms with Crippen molar-refractivity contribution in [3.8, 4) is 0 Å². The molecule has 2 aliphatic rings. The minimum atomic E-state index is -0.887. The molecular weight excluding hydrogens is 438 g/mol. The maximum absolute atomic E-state index is 13.6. The highest BCUT2D eigenvalue weighted by Crippen LogP contribution is 2.37. The summed E-state index contributed by atoms with van der Waals surface area (Å²) in [4.78, 5) is 52.0. The highest BCUT2D eigenvalue weighted by molar-refractivity contribution is 7.13. The predicted molar refractivity (Wildman–Crippen MR) is 126 cm³/mol. The van der Waals surface area contributed by atoms with Gasteiger partial charge in [0, 0.05) is 37.9 Å². The van der Waals surface area contributed by atoms with Crippen molar-refractivity contribution in [2.75, 3.05) is 19.6 Å². The van der Waals surface area contributed by atoms with E-state index in [1.165, 1.54) is 16.2 Å². The summed E-state index contributed by atoms with van der Waals surface area (Å²) >= 11 is 1.43. The van der Waals surface area contributed by atoms with Crippen LogP contribution < -0.4 is 5.32 Å². The van der Waals surface area contributed by atoms with E-state index < -0.39 is 5.54 Å². The number of imide groups is 1. The van der Waals surface area contributed by atoms with Crippen LogP contribution in [0, 0.1) is 19.8 Å². The van der Waals surface area contributed by atoms with Gasteiger partial charge >= 0.3 is 6.03 Å². The van der Waals surface area contributed by atoms with E-state index in [4.69, 9.17) is 0 Å². The van der Waals surface area contributed by atoms with Gasteiger partial charge in [-0.2, -0.15) is 0 Å². The van der Waals surface area contributed by atoms with Crippen LogP contribution >= 0.6 is 11.3 Å². The van der Waals surface area contributed by atoms with E-state index >= 15 is 0 Å². The van der Waals surface area contributed by atoms with Gasteiger partial charge in [0.1, 0.15) is 10.4 Å². The van der Waals surface area contributed by atoms with Gasteiger partial charge in [0.2, 0.25) is 0 Å². The van der Waals surface area contributed by atoms with Gasteiger partial charge < -0.3 is 10.2 Å². The number of likely N-dealkylation sites (tertiary alicyclic amines) is 1. The van der Waals surface area contributed by atoms with E-state index in [1.807, 2.05) is 43.9 Å². The lowest BCUT2D eigenvalue weighted by Crippen LogP contribution is -2.56. The number of nitrogens with zero attached hydrogens (tertiary/aromatic N) is 4. The van der Waals surface area contributed by atoms with Gasteiger partial charge in [-0.25, -0.2) is 9.78 Å². The lowest BCUT2D eigenvalue weighted by atomic mass is 9.74. The summed E-state index contributed by atoms with van der Waals surface area (Å²) in [6.07, 6.45) is 5.00. The zero-order chi connectivity index (χ0) is 23.6. The molecule has 0 aromatic carbocycles. The van der Waals surface area contributed by atoms with Gasteiger partial charge in [0.15, 0.2) is 0 Å². The summed E-state index contributed by atoms with van der Waals surface area (Å²) in [6, 6.07) is 5.33. The number of aryl methyl sites for hydroxylation is 2. The Morgan fingerprint density at radius 3 is 2.61 bits per heavy atom. The summed E-state index contributed by atoms with van der Waals surface area (Å²) in [5.74, 6) is -0.119. The molecule has 2 fully saturated rings. The van der Waals surface area contributed by atoms with Gasteiger partial charge in [-0.3, -0.25) is 19.5 Å². The molecule has 176 valence electrons. The normalized spacial score (nSPS) is 21.5. The highest BCUT2D eigenvalue weighted by Gasteiger charge is 2.55. The average Bonchev–Trinajstić information content (AvgIpc) is 3.28. The van der Waals surface area contributed by atoms with Gasteiger partial charge in [-0.1, -0.05) is 19.4 Å². The van der Waals surface area contributed by atoms with Crippen molar-refractivity contribution in [1.82, 2.24) is 25.1 Å². The molecule has 33 heavy (non-hydrogen) atoms. The van der Waals surface area contributed by atoms with E-state index in [0.717, 1.165) is 22.8 Å². The number of piperidine rings is 1. The third-order valence-electron chi connectivity index (χ3n) is 6.74. The van der Waals surface area contributed by atoms with Crippen molar-refractivity contribution < 1.29 is 14.4 Å². The van der Waals surface area contributed by atoms with Crippen molar-refractivity contribution in [3.05, 3.63) is 45.7 Å². The van der Waals surface area contributed by atoms with Crippen LogP contribution in [0.25, 0.3) is 0 Å². The van der Waals surface area contributed by atoms with Crippen LogP contribution in [0.5, 0.6) is 0 Å². The third kappa shape index (κ3) is 4.51. The minimum absolute atomic E-state index is 0.00194. The summed E-state index contributed by atoms with van der Waals surface area (Å²) in [7, 11) is 0. The van der Waals surface area contributed by atoms with E-state index in [9.17, 15) is 14.4 Å². The molecule has 9 heteroatoms. The second-order valence-corrected chi connectivity index (χ2v) is 10.1. The van der Waals surface area contributed by atoms with E-state index in [0.29, 0.717) is 50.2 Å². The summed E-state index contributed by atoms with van der Waals surface area (Å²) in [6.45, 7) is 7.26. The first-order chi connectivity index (χ1) is 15.9. The quantitative estimate of drug-likeness (QED) is 0.628. The third-order valence-corrected chi connectivity index (χ3v) is 7.80. The Kier molecular flexibility index (Phi) is 6.78. The van der Waals surface area contributed by atoms with Crippen molar-refractivity contribution in [2.45, 2.75) is 58.4 Å². The Labute approximate surface area is 198 Å². The summed E-state index contributed by atoms with van der Waals surface area (Å²) in [5.41, 5.74) is 0.739. The maximum Gasteiger partial charge on any atom is 0.325 e. The SMILES string of the molecule is CCCC1(C2CCN(C(=O)c3sc(C)nc3C)CC2)NC(=O)N(CCc2ccccn2)C1=O. The van der Waals surface area contributed by atoms with Crippen molar-refractivity contribution in [3.63, 3.8) is 0 Å². The maximum atomic E-state index is 13.6. The van der Waals surface area contributed by atoms with Crippen LogP contribution in [0.3, 0.4) is 0 Å². The van der Waals surface area contributed by atoms with E-state index in [2.05, 4.69) is 15.3 Å². The molecule has 4 amide bonds. The topological polar surface area (TPSA) is 95.5 Å². The van der Waals surface area contributed by atoms with Crippen molar-refractivity contribution in [2.24, 2.45) is 5.92 Å². The number of thiazole rings is 1. The lowest BCUT2D eigenvalue weighted by Gasteiger charge is -2.40. The molecule has 1 N–H and O–H groups in total. The lowest BCUT2D eigenvalue weighted by molar-refractivity contribution is -0.134. The second-order valence-electron chi connectivity index (χ2n) is 8.89. The molecule has 0 spiro atoms. The molecule has 0 aliphatic carbocycles. The number of nitrogens with one attached hydrogen (secondary N) is 1. The fourth-order valence-corrected chi connectivity index (χ4v) is 6.00. The average molecular weight is 470 g/mol. The van der Waals surface area contributed by atoms with Crippen LogP contribution in [-0.2, 0) is 11.2 Å². The van der Waals surface area contributed by atoms with E-state index in [-0.39, 0.29) is 23.8 Å². The fourth-order valence-electron chi connectivity index (χ4n) is 5.11. The number of pyridine rings is 1. The van der Waals surface area contributed by atoms with Crippen molar-refractivity contribution in [1.29, 1.82) is 0 Å². The largest absolute Gasteiger partial charge is 0.338 e. The molecule has 8 nitrogen and oxygen atoms in total. The Morgan fingerprint density at radius 1 is 1.24 bits per heavy atom. The van der Waals surface area contributed by atoms with Crippen LogP contribution in [0.1, 0.15) is 58.7 Å². The monoisotopic (exact) mass is 469 g/mol. The number of hydrogen-bond donors (Lipinski definition) is 1. The minimum Gasteiger partial charge on any atom is -0.338 e. The van der Waals surface area contributed by atoms with Gasteiger partial charge in [-0.15, -0.1) is 11.3 Å². The molecule has 1 unspecified atom stereocenters. The molecule has 2 aliphatic heterocycles. The number of aromatic nitrogens is 2. The highest BCUT2D eigenvalue weighted by atomic mass is 32.1. The number of amides is 4. The van der Waals surface area contributed by atoms with Crippen LogP contribution in [0.4, 0.5) is 4.79 Å². The number of urea groups is 1. The van der Waals surface area contributed by atoms with Gasteiger partial charge in [-0.05, 0) is 51.2 Å². The molecular formula is C24H31N5O3S. The zero-order valence-corrected chi connectivity index (χ0v) is 20.3. The Hall–Kier alpha value is -2.81. The Bertz CT molecular complexity index is 1030. The molecule has 0 radical (unpaired) electrons. The van der Waals surface area contributed by atoms with Crippen LogP contribution in [-0.4, -0.2) is 62.8 Å². The molecule has 0 bridgehead atoms. The Morgan fingerprint density at radius 2 is 2.00 bits per heavy atom. The zero-order valence-electron chi connectivity index (χ0n) is 19.5. The first-order valence-corrected chi connectivity index (χ1v) is 12.4. The first kappa shape index (κ1) is 23.4. The molecule has 2 saturated heterocycles. The number of carbonyl (C=O) groups excluding carboxylic acids is 3. The molecule has 2 aromatic heterocycles. The molecule has 4 rings (SSSR count).